The molecule has 8 heteroatoms. The van der Waals surface area contributed by atoms with Gasteiger partial charge in [-0.25, -0.2) is 0 Å². The molecule has 1 spiro atoms. The number of fused-ring (bicyclic) bond motifs is 1. The van der Waals surface area contributed by atoms with Crippen molar-refractivity contribution in [3.8, 4) is 5.75 Å². The topological polar surface area (TPSA) is 100 Å². The van der Waals surface area contributed by atoms with E-state index in [9.17, 15) is 14.7 Å². The van der Waals surface area contributed by atoms with E-state index in [2.05, 4.69) is 35.8 Å². The Hall–Kier alpha value is -2.94. The normalized spacial score (nSPS) is 24.9. The van der Waals surface area contributed by atoms with Gasteiger partial charge >= 0.3 is 0 Å². The molecular weight excluding hydrogens is 530 g/mol. The van der Waals surface area contributed by atoms with Crippen LogP contribution in [0.3, 0.4) is 0 Å². The molecule has 0 bridgehead atoms. The van der Waals surface area contributed by atoms with Gasteiger partial charge in [-0.15, -0.1) is 0 Å². The van der Waals surface area contributed by atoms with E-state index in [-0.39, 0.29) is 42.7 Å². The van der Waals surface area contributed by atoms with Gasteiger partial charge in [0.2, 0.25) is 5.91 Å². The summed E-state index contributed by atoms with van der Waals surface area (Å²) in [4.78, 5) is 27.9. The highest BCUT2D eigenvalue weighted by molar-refractivity contribution is 5.85. The minimum atomic E-state index is -0.830. The number of ether oxygens (including phenoxy) is 2. The predicted molar refractivity (Wildman–Crippen MR) is 160 cm³/mol. The van der Waals surface area contributed by atoms with E-state index in [0.29, 0.717) is 13.0 Å². The first-order valence-corrected chi connectivity index (χ1v) is 15.9. The number of rotatable bonds is 10. The number of aliphatic hydroxyl groups is 1. The van der Waals surface area contributed by atoms with Crippen molar-refractivity contribution >= 4 is 11.8 Å². The second-order valence-electron chi connectivity index (χ2n) is 12.7. The Morgan fingerprint density at radius 2 is 1.88 bits per heavy atom. The predicted octanol–water partition coefficient (Wildman–Crippen LogP) is 3.84. The molecule has 1 unspecified atom stereocenters. The van der Waals surface area contributed by atoms with E-state index in [1.165, 1.54) is 12.0 Å². The van der Waals surface area contributed by atoms with Gasteiger partial charge in [0.15, 0.2) is 6.10 Å². The Bertz CT molecular complexity index is 1240. The molecule has 3 N–H and O–H groups in total. The molecule has 226 valence electrons. The molecule has 0 radical (unpaired) electrons. The van der Waals surface area contributed by atoms with E-state index in [4.69, 9.17) is 9.47 Å². The molecule has 6 rings (SSSR count). The summed E-state index contributed by atoms with van der Waals surface area (Å²) in [5.74, 6) is 0.626. The summed E-state index contributed by atoms with van der Waals surface area (Å²) in [6.07, 6.45) is 8.22. The minimum absolute atomic E-state index is 0.0387. The smallest absolute Gasteiger partial charge is 0.251 e. The molecule has 4 aliphatic rings. The fourth-order valence-corrected chi connectivity index (χ4v) is 7.15. The lowest BCUT2D eigenvalue weighted by Crippen LogP contribution is -2.58. The van der Waals surface area contributed by atoms with Gasteiger partial charge in [0, 0.05) is 30.6 Å². The van der Waals surface area contributed by atoms with E-state index in [0.717, 1.165) is 68.2 Å². The van der Waals surface area contributed by atoms with Crippen LogP contribution in [0.5, 0.6) is 5.75 Å². The van der Waals surface area contributed by atoms with Crippen LogP contribution in [0.25, 0.3) is 0 Å². The zero-order valence-electron chi connectivity index (χ0n) is 24.7. The van der Waals surface area contributed by atoms with Crippen LogP contribution in [0, 0.1) is 0 Å². The van der Waals surface area contributed by atoms with Crippen LogP contribution < -0.4 is 15.4 Å². The van der Waals surface area contributed by atoms with Crippen LogP contribution in [0.1, 0.15) is 81.0 Å². The first-order chi connectivity index (χ1) is 20.4. The second kappa shape index (κ2) is 12.7. The fourth-order valence-electron chi connectivity index (χ4n) is 7.15. The van der Waals surface area contributed by atoms with Gasteiger partial charge in [0.25, 0.3) is 5.91 Å². The van der Waals surface area contributed by atoms with Crippen molar-refractivity contribution in [2.24, 2.45) is 0 Å². The summed E-state index contributed by atoms with van der Waals surface area (Å²) in [5, 5.41) is 18.3. The van der Waals surface area contributed by atoms with Crippen LogP contribution in [0.15, 0.2) is 48.5 Å². The molecule has 2 aromatic carbocycles. The number of aliphatic hydroxyl groups excluding tert-OH is 1. The van der Waals surface area contributed by atoms with Crippen LogP contribution in [0.4, 0.5) is 0 Å². The number of hydrogen-bond donors (Lipinski definition) is 3. The van der Waals surface area contributed by atoms with Gasteiger partial charge in [-0.1, -0.05) is 62.2 Å². The van der Waals surface area contributed by atoms with Crippen molar-refractivity contribution in [3.63, 3.8) is 0 Å². The van der Waals surface area contributed by atoms with Crippen LogP contribution >= 0.6 is 0 Å². The maximum Gasteiger partial charge on any atom is 0.251 e. The molecule has 1 saturated heterocycles. The van der Waals surface area contributed by atoms with Crippen molar-refractivity contribution in [2.45, 2.75) is 107 Å². The van der Waals surface area contributed by atoms with Crippen molar-refractivity contribution in [3.05, 3.63) is 65.2 Å². The lowest BCUT2D eigenvalue weighted by atomic mass is 9.72. The number of morpholine rings is 1. The van der Waals surface area contributed by atoms with Crippen LogP contribution in [-0.2, 0) is 27.2 Å². The molecule has 42 heavy (non-hydrogen) atoms. The number of carbonyl (C=O) groups is 2. The van der Waals surface area contributed by atoms with Crippen molar-refractivity contribution in [1.29, 1.82) is 0 Å². The summed E-state index contributed by atoms with van der Waals surface area (Å²) < 4.78 is 12.2. The van der Waals surface area contributed by atoms with Crippen LogP contribution in [0.2, 0.25) is 0 Å². The zero-order valence-corrected chi connectivity index (χ0v) is 24.7. The Balaban J connectivity index is 1.15. The number of amides is 2. The molecule has 8 nitrogen and oxygen atoms in total. The zero-order chi connectivity index (χ0) is 29.1. The third-order valence-electron chi connectivity index (χ3n) is 9.84. The number of aryl methyl sites for hydroxylation is 1. The molecule has 2 saturated carbocycles. The highest BCUT2D eigenvalue weighted by atomic mass is 16.5. The second-order valence-corrected chi connectivity index (χ2v) is 12.7. The quantitative estimate of drug-likeness (QED) is 0.398. The van der Waals surface area contributed by atoms with Gasteiger partial charge in [-0.2, -0.15) is 0 Å². The molecule has 4 atom stereocenters. The maximum atomic E-state index is 13.5. The Morgan fingerprint density at radius 1 is 1.10 bits per heavy atom. The first-order valence-electron chi connectivity index (χ1n) is 15.9. The first kappa shape index (κ1) is 29.1. The Morgan fingerprint density at radius 3 is 2.60 bits per heavy atom. The average Bonchev–Trinajstić information content (AvgIpc) is 3.54. The van der Waals surface area contributed by atoms with Gasteiger partial charge < -0.3 is 30.1 Å². The highest BCUT2D eigenvalue weighted by Gasteiger charge is 2.46. The molecule has 2 heterocycles. The van der Waals surface area contributed by atoms with Gasteiger partial charge in [-0.3, -0.25) is 9.59 Å². The summed E-state index contributed by atoms with van der Waals surface area (Å²) >= 11 is 0. The molecule has 2 aliphatic heterocycles. The summed E-state index contributed by atoms with van der Waals surface area (Å²) in [6.45, 7) is 2.67. The molecule has 2 aromatic rings. The lowest BCUT2D eigenvalue weighted by molar-refractivity contribution is -0.158. The molecular formula is C34H45N3O5. The third-order valence-corrected chi connectivity index (χ3v) is 9.84. The number of nitrogens with one attached hydrogen (secondary N) is 2. The Kier molecular flexibility index (Phi) is 8.84. The van der Waals surface area contributed by atoms with E-state index >= 15 is 0 Å². The van der Waals surface area contributed by atoms with Crippen molar-refractivity contribution < 1.29 is 24.2 Å². The SMILES string of the molecule is CCc1ccc2c(c1)[C@@H](NC[C@@H](O)[C@H](Cc1ccccc1)NC(=O)C1CN(C3CCCC3)C(=O)CO1)CC1(CCC1)O2. The molecule has 2 aliphatic carbocycles. The highest BCUT2D eigenvalue weighted by Crippen LogP contribution is 2.49. The summed E-state index contributed by atoms with van der Waals surface area (Å²) in [6, 6.07) is 16.1. The third kappa shape index (κ3) is 6.36. The Labute approximate surface area is 249 Å². The average molecular weight is 576 g/mol. The van der Waals surface area contributed by atoms with Crippen molar-refractivity contribution in [1.82, 2.24) is 15.5 Å². The van der Waals surface area contributed by atoms with E-state index < -0.39 is 18.2 Å². The summed E-state index contributed by atoms with van der Waals surface area (Å²) in [5.41, 5.74) is 3.32. The van der Waals surface area contributed by atoms with Gasteiger partial charge in [0.1, 0.15) is 18.0 Å². The summed E-state index contributed by atoms with van der Waals surface area (Å²) in [7, 11) is 0. The minimum Gasteiger partial charge on any atom is -0.487 e. The monoisotopic (exact) mass is 575 g/mol. The molecule has 2 amide bonds. The van der Waals surface area contributed by atoms with Gasteiger partial charge in [-0.05, 0) is 62.1 Å². The van der Waals surface area contributed by atoms with E-state index in [1.807, 2.05) is 35.2 Å². The largest absolute Gasteiger partial charge is 0.487 e. The van der Waals surface area contributed by atoms with E-state index in [1.54, 1.807) is 0 Å². The number of carbonyl (C=O) groups excluding carboxylic acids is 2. The molecule has 3 fully saturated rings. The van der Waals surface area contributed by atoms with Gasteiger partial charge in [0.05, 0.1) is 18.7 Å². The number of nitrogens with zero attached hydrogens (tertiary/aromatic N) is 1. The lowest BCUT2D eigenvalue weighted by Gasteiger charge is -2.48. The maximum absolute atomic E-state index is 13.5. The number of benzene rings is 2. The van der Waals surface area contributed by atoms with Crippen molar-refractivity contribution in [2.75, 3.05) is 19.7 Å². The van der Waals surface area contributed by atoms with Crippen LogP contribution in [-0.4, -0.2) is 71.4 Å². The standard InChI is InChI=1S/C34H45N3O5/c1-2-23-13-14-30-26(17-23)28(19-34(42-30)15-8-16-34)35-20-29(38)27(18-24-9-4-3-5-10-24)36-33(40)31-21-37(32(39)22-41-31)25-11-6-7-12-25/h3-5,9-10,13-14,17,25,27-29,31,35,38H,2,6-8,11-12,15-16,18-22H2,1H3,(H,36,40)/t27-,28-,29+,31?/m0/s1. The number of hydrogen-bond acceptors (Lipinski definition) is 6. The molecule has 0 aromatic heterocycles. The fraction of sp³-hybridized carbons (Fsp3) is 0.588.